The molecule has 2 unspecified atom stereocenters. The lowest BCUT2D eigenvalue weighted by Gasteiger charge is -2.21. The molecule has 0 bridgehead atoms. The third-order valence-corrected chi connectivity index (χ3v) is 23.5. The Hall–Kier alpha value is -1.94. The number of hydrogen-bond acceptors (Lipinski definition) is 15. The summed E-state index contributed by atoms with van der Waals surface area (Å²) in [6.45, 7) is 5.07. The number of esters is 4. The fourth-order valence-corrected chi connectivity index (χ4v) is 16.0. The molecule has 0 rings (SSSR count). The first-order valence-electron chi connectivity index (χ1n) is 47.3. The molecule has 19 heteroatoms. The molecule has 0 fully saturated rings. The zero-order chi connectivity index (χ0) is 80.3. The molecule has 0 amide bonds. The normalized spacial score (nSPS) is 13.6. The third kappa shape index (κ3) is 84.0. The average Bonchev–Trinajstić information content (AvgIpc) is 0.900. The van der Waals surface area contributed by atoms with Gasteiger partial charge in [-0.25, -0.2) is 9.13 Å². The van der Waals surface area contributed by atoms with Gasteiger partial charge in [0.1, 0.15) is 19.3 Å². The maximum Gasteiger partial charge on any atom is 0.472 e. The van der Waals surface area contributed by atoms with Crippen molar-refractivity contribution >= 4 is 39.5 Å². The van der Waals surface area contributed by atoms with Crippen LogP contribution in [-0.2, 0) is 65.4 Å². The molecule has 0 heterocycles. The summed E-state index contributed by atoms with van der Waals surface area (Å²) in [6.07, 6.45) is 82.2. The van der Waals surface area contributed by atoms with E-state index in [1.165, 1.54) is 334 Å². The zero-order valence-corrected chi connectivity index (χ0v) is 74.0. The summed E-state index contributed by atoms with van der Waals surface area (Å²) in [5.74, 6) is -2.09. The number of phosphoric acid groups is 2. The van der Waals surface area contributed by atoms with Crippen LogP contribution in [0.15, 0.2) is 0 Å². The quantitative estimate of drug-likeness (QED) is 0.0222. The number of carbonyl (C=O) groups excluding carboxylic acids is 4. The molecule has 3 N–H and O–H groups in total. The van der Waals surface area contributed by atoms with E-state index in [0.717, 1.165) is 89.9 Å². The van der Waals surface area contributed by atoms with E-state index in [9.17, 15) is 43.2 Å². The predicted molar refractivity (Wildman–Crippen MR) is 455 cm³/mol. The van der Waals surface area contributed by atoms with Gasteiger partial charge in [0.2, 0.25) is 0 Å². The highest BCUT2D eigenvalue weighted by Gasteiger charge is 2.31. The highest BCUT2D eigenvalue weighted by molar-refractivity contribution is 7.47. The van der Waals surface area contributed by atoms with E-state index in [4.69, 9.17) is 37.0 Å². The van der Waals surface area contributed by atoms with Crippen molar-refractivity contribution in [3.05, 3.63) is 0 Å². The standard InChI is InChI=1S/C91H178O17P2/c1-5-9-13-17-21-25-28-31-34-37-40-42-43-46-49-52-55-58-62-66-70-74-78-91(96)108-87(82-102-89(94)76-72-68-64-60-56-53-50-47-45-41-38-35-32-29-26-22-18-14-10-6-2)84-106-110(99,100)104-80-85(92)79-103-109(97,98)105-83-86(81-101-88(93)75-71-67-63-59-24-20-16-12-8-4)107-90(95)77-73-69-65-61-57-54-51-48-44-39-36-33-30-27-23-19-15-11-7-3/h85-87,92H,5-84H2,1-4H3,(H,97,98)(H,99,100)/t85-,86+,87+/m0/s1. The van der Waals surface area contributed by atoms with E-state index in [0.29, 0.717) is 25.7 Å². The molecular formula is C91H178O17P2. The number of unbranched alkanes of at least 4 members (excludes halogenated alkanes) is 66. The fraction of sp³-hybridized carbons (Fsp3) is 0.956. The van der Waals surface area contributed by atoms with Crippen LogP contribution in [0.25, 0.3) is 0 Å². The van der Waals surface area contributed by atoms with Crippen LogP contribution in [0.2, 0.25) is 0 Å². The smallest absolute Gasteiger partial charge is 0.462 e. The largest absolute Gasteiger partial charge is 0.472 e. The van der Waals surface area contributed by atoms with Crippen LogP contribution < -0.4 is 0 Å². The van der Waals surface area contributed by atoms with E-state index in [1.807, 2.05) is 0 Å². The second-order valence-electron chi connectivity index (χ2n) is 32.7. The molecule has 0 spiro atoms. The first-order valence-corrected chi connectivity index (χ1v) is 50.3. The summed E-state index contributed by atoms with van der Waals surface area (Å²) in [7, 11) is -9.93. The number of ether oxygens (including phenoxy) is 4. The number of rotatable bonds is 92. The molecule has 5 atom stereocenters. The summed E-state index contributed by atoms with van der Waals surface area (Å²) in [6, 6.07) is 0. The van der Waals surface area contributed by atoms with Crippen molar-refractivity contribution in [1.29, 1.82) is 0 Å². The van der Waals surface area contributed by atoms with Gasteiger partial charge in [-0.3, -0.25) is 37.3 Å². The van der Waals surface area contributed by atoms with Crippen LogP contribution >= 0.6 is 15.6 Å². The highest BCUT2D eigenvalue weighted by atomic mass is 31.2. The van der Waals surface area contributed by atoms with Crippen LogP contribution in [0.3, 0.4) is 0 Å². The Morgan fingerprint density at radius 1 is 0.218 bits per heavy atom. The van der Waals surface area contributed by atoms with E-state index in [2.05, 4.69) is 27.7 Å². The lowest BCUT2D eigenvalue weighted by Crippen LogP contribution is -2.30. The molecule has 654 valence electrons. The van der Waals surface area contributed by atoms with Gasteiger partial charge in [0.15, 0.2) is 12.2 Å². The number of hydrogen-bond donors (Lipinski definition) is 3. The van der Waals surface area contributed by atoms with Gasteiger partial charge in [-0.2, -0.15) is 0 Å². The van der Waals surface area contributed by atoms with E-state index >= 15 is 0 Å². The van der Waals surface area contributed by atoms with Crippen molar-refractivity contribution in [2.24, 2.45) is 0 Å². The molecule has 0 aromatic heterocycles. The second-order valence-corrected chi connectivity index (χ2v) is 35.6. The maximum atomic E-state index is 13.2. The summed E-state index contributed by atoms with van der Waals surface area (Å²) in [5.41, 5.74) is 0. The Kier molecular flexibility index (Phi) is 83.5. The monoisotopic (exact) mass is 1610 g/mol. The van der Waals surface area contributed by atoms with Gasteiger partial charge in [-0.05, 0) is 25.7 Å². The van der Waals surface area contributed by atoms with Gasteiger partial charge in [-0.15, -0.1) is 0 Å². The van der Waals surface area contributed by atoms with Crippen LogP contribution in [-0.4, -0.2) is 96.7 Å². The molecule has 0 saturated heterocycles. The maximum absolute atomic E-state index is 13.2. The van der Waals surface area contributed by atoms with Gasteiger partial charge >= 0.3 is 39.5 Å². The molecule has 0 aliphatic carbocycles. The second kappa shape index (κ2) is 85.0. The number of aliphatic hydroxyl groups excluding tert-OH is 1. The summed E-state index contributed by atoms with van der Waals surface area (Å²) in [5, 5.41) is 10.7. The topological polar surface area (TPSA) is 237 Å². The van der Waals surface area contributed by atoms with Crippen LogP contribution in [0.4, 0.5) is 0 Å². The molecule has 17 nitrogen and oxygen atoms in total. The Morgan fingerprint density at radius 2 is 0.364 bits per heavy atom. The first kappa shape index (κ1) is 108. The van der Waals surface area contributed by atoms with Crippen LogP contribution in [0.5, 0.6) is 0 Å². The predicted octanol–water partition coefficient (Wildman–Crippen LogP) is 28.5. The molecular weight excluding hydrogens is 1430 g/mol. The Bertz CT molecular complexity index is 2070. The number of carbonyl (C=O) groups is 4. The lowest BCUT2D eigenvalue weighted by molar-refractivity contribution is -0.161. The van der Waals surface area contributed by atoms with Crippen molar-refractivity contribution in [3.8, 4) is 0 Å². The van der Waals surface area contributed by atoms with Gasteiger partial charge < -0.3 is 33.8 Å². The minimum Gasteiger partial charge on any atom is -0.462 e. The molecule has 0 aliphatic rings. The minimum atomic E-state index is -4.97. The molecule has 0 aliphatic heterocycles. The summed E-state index contributed by atoms with van der Waals surface area (Å²) >= 11 is 0. The van der Waals surface area contributed by atoms with Crippen LogP contribution in [0.1, 0.15) is 503 Å². The highest BCUT2D eigenvalue weighted by Crippen LogP contribution is 2.45. The van der Waals surface area contributed by atoms with Crippen molar-refractivity contribution in [3.63, 3.8) is 0 Å². The first-order chi connectivity index (χ1) is 53.7. The molecule has 110 heavy (non-hydrogen) atoms. The molecule has 0 aromatic rings. The van der Waals surface area contributed by atoms with Gasteiger partial charge in [0.25, 0.3) is 0 Å². The van der Waals surface area contributed by atoms with Gasteiger partial charge in [0, 0.05) is 25.7 Å². The van der Waals surface area contributed by atoms with E-state index in [1.54, 1.807) is 0 Å². The zero-order valence-electron chi connectivity index (χ0n) is 72.3. The van der Waals surface area contributed by atoms with Crippen molar-refractivity contribution in [1.82, 2.24) is 0 Å². The summed E-state index contributed by atoms with van der Waals surface area (Å²) < 4.78 is 69.0. The number of aliphatic hydroxyl groups is 1. The number of phosphoric ester groups is 2. The molecule has 0 radical (unpaired) electrons. The van der Waals surface area contributed by atoms with E-state index in [-0.39, 0.29) is 25.7 Å². The summed E-state index contributed by atoms with van der Waals surface area (Å²) in [4.78, 5) is 73.3. The lowest BCUT2D eigenvalue weighted by atomic mass is 10.0. The van der Waals surface area contributed by atoms with E-state index < -0.39 is 97.5 Å². The molecule has 0 saturated carbocycles. The SMILES string of the molecule is CCCCCCCCCCCCCCCCCCCCCCCCC(=O)O[C@H](COC(=O)CCCCCCCCCCCCCCCCCCCCCC)COP(=O)(O)OC[C@@H](O)COP(=O)(O)OC[C@@H](COC(=O)CCCCCCCCCCC)OC(=O)CCCCCCCCCCCCCCCCCCCCC. The van der Waals surface area contributed by atoms with Gasteiger partial charge in [0.05, 0.1) is 26.4 Å². The van der Waals surface area contributed by atoms with Crippen molar-refractivity contribution in [2.45, 2.75) is 521 Å². The Morgan fingerprint density at radius 3 is 0.536 bits per heavy atom. The van der Waals surface area contributed by atoms with Crippen molar-refractivity contribution in [2.75, 3.05) is 39.6 Å². The minimum absolute atomic E-state index is 0.109. The average molecular weight is 1610 g/mol. The fourth-order valence-electron chi connectivity index (χ4n) is 14.4. The van der Waals surface area contributed by atoms with Crippen LogP contribution in [0, 0.1) is 0 Å². The van der Waals surface area contributed by atoms with Gasteiger partial charge in [-0.1, -0.05) is 451 Å². The molecule has 0 aromatic carbocycles. The third-order valence-electron chi connectivity index (χ3n) is 21.6. The Balaban J connectivity index is 5.18. The van der Waals surface area contributed by atoms with Crippen molar-refractivity contribution < 1.29 is 80.2 Å². The Labute approximate surface area is 677 Å².